The molecule has 0 radical (unpaired) electrons. The summed E-state index contributed by atoms with van der Waals surface area (Å²) in [7, 11) is 3.55. The summed E-state index contributed by atoms with van der Waals surface area (Å²) in [6, 6.07) is 0.307. The van der Waals surface area contributed by atoms with Crippen LogP contribution >= 0.6 is 0 Å². The number of carbonyl (C=O) groups is 1. The molecule has 1 heterocycles. The Morgan fingerprint density at radius 2 is 2.20 bits per heavy atom. The minimum absolute atomic E-state index is 0.000235. The van der Waals surface area contributed by atoms with Crippen molar-refractivity contribution >= 4 is 5.91 Å². The van der Waals surface area contributed by atoms with Crippen LogP contribution in [0.15, 0.2) is 0 Å². The summed E-state index contributed by atoms with van der Waals surface area (Å²) < 4.78 is 2.15. The molecule has 0 spiro atoms. The second-order valence-corrected chi connectivity index (χ2v) is 5.49. The van der Waals surface area contributed by atoms with Crippen LogP contribution in [-0.4, -0.2) is 52.3 Å². The zero-order valence-corrected chi connectivity index (χ0v) is 12.5. The Kier molecular flexibility index (Phi) is 4.72. The first-order valence-electron chi connectivity index (χ1n) is 7.11. The van der Waals surface area contributed by atoms with E-state index in [2.05, 4.69) is 27.0 Å². The predicted octanol–water partition coefficient (Wildman–Crippen LogP) is -0.319. The van der Waals surface area contributed by atoms with Crippen molar-refractivity contribution in [1.29, 1.82) is 0 Å². The van der Waals surface area contributed by atoms with Crippen molar-refractivity contribution in [3.63, 3.8) is 0 Å². The summed E-state index contributed by atoms with van der Waals surface area (Å²) in [4.78, 5) is 13.3. The van der Waals surface area contributed by atoms with Gasteiger partial charge in [-0.15, -0.1) is 10.2 Å². The van der Waals surface area contributed by atoms with Gasteiger partial charge in [-0.2, -0.15) is 0 Å². The number of nitrogens with one attached hydrogen (secondary N) is 1. The highest BCUT2D eigenvalue weighted by molar-refractivity contribution is 5.77. The lowest BCUT2D eigenvalue weighted by atomic mass is 9.80. The van der Waals surface area contributed by atoms with Gasteiger partial charge in [0.25, 0.3) is 0 Å². The Morgan fingerprint density at radius 1 is 1.50 bits per heavy atom. The monoisotopic (exact) mass is 280 g/mol. The van der Waals surface area contributed by atoms with Crippen molar-refractivity contribution in [2.45, 2.75) is 44.8 Å². The molecular weight excluding hydrogens is 256 g/mol. The highest BCUT2D eigenvalue weighted by Gasteiger charge is 2.32. The van der Waals surface area contributed by atoms with Gasteiger partial charge in [0.15, 0.2) is 0 Å². The second-order valence-electron chi connectivity index (χ2n) is 5.49. The number of aromatic nitrogens is 3. The van der Waals surface area contributed by atoms with E-state index in [1.165, 1.54) is 0 Å². The molecule has 1 aliphatic rings. The van der Waals surface area contributed by atoms with E-state index in [0.717, 1.165) is 31.0 Å². The van der Waals surface area contributed by atoms with Crippen LogP contribution in [0.3, 0.4) is 0 Å². The van der Waals surface area contributed by atoms with E-state index >= 15 is 0 Å². The third-order valence-electron chi connectivity index (χ3n) is 3.82. The van der Waals surface area contributed by atoms with E-state index < -0.39 is 0 Å². The number of rotatable bonds is 6. The fraction of sp³-hybridized carbons (Fsp3) is 0.769. The van der Waals surface area contributed by atoms with Gasteiger partial charge in [0.2, 0.25) is 5.91 Å². The highest BCUT2D eigenvalue weighted by Crippen LogP contribution is 2.34. The molecule has 0 atom stereocenters. The maximum atomic E-state index is 11.4. The van der Waals surface area contributed by atoms with Crippen LogP contribution in [0.4, 0.5) is 0 Å². The molecule has 7 heteroatoms. The van der Waals surface area contributed by atoms with Gasteiger partial charge in [-0.1, -0.05) is 0 Å². The summed E-state index contributed by atoms with van der Waals surface area (Å²) >= 11 is 0. The summed E-state index contributed by atoms with van der Waals surface area (Å²) in [5, 5.41) is 11.2. The van der Waals surface area contributed by atoms with Gasteiger partial charge in [0.1, 0.15) is 11.6 Å². The minimum atomic E-state index is 0.000235. The van der Waals surface area contributed by atoms with Crippen molar-refractivity contribution in [2.75, 3.05) is 20.6 Å². The SMILES string of the molecule is CCn1c(CN(C)CC(=O)NC)nnc1C1CC(N)C1. The maximum Gasteiger partial charge on any atom is 0.233 e. The number of hydrogen-bond donors (Lipinski definition) is 2. The summed E-state index contributed by atoms with van der Waals surface area (Å²) in [6.45, 7) is 3.91. The van der Waals surface area contributed by atoms with Gasteiger partial charge in [-0.3, -0.25) is 9.69 Å². The van der Waals surface area contributed by atoms with Crippen molar-refractivity contribution in [2.24, 2.45) is 5.73 Å². The van der Waals surface area contributed by atoms with E-state index in [0.29, 0.717) is 25.0 Å². The highest BCUT2D eigenvalue weighted by atomic mass is 16.1. The van der Waals surface area contributed by atoms with Crippen molar-refractivity contribution in [3.8, 4) is 0 Å². The molecular formula is C13H24N6O. The van der Waals surface area contributed by atoms with Crippen LogP contribution in [-0.2, 0) is 17.9 Å². The molecule has 1 aliphatic carbocycles. The molecule has 0 bridgehead atoms. The number of carbonyl (C=O) groups excluding carboxylic acids is 1. The fourth-order valence-corrected chi connectivity index (χ4v) is 2.61. The molecule has 112 valence electrons. The van der Waals surface area contributed by atoms with E-state index in [-0.39, 0.29) is 5.91 Å². The second kappa shape index (κ2) is 6.32. The average molecular weight is 280 g/mol. The van der Waals surface area contributed by atoms with Gasteiger partial charge in [-0.05, 0) is 26.8 Å². The largest absolute Gasteiger partial charge is 0.358 e. The van der Waals surface area contributed by atoms with Gasteiger partial charge in [-0.25, -0.2) is 0 Å². The first-order chi connectivity index (χ1) is 9.55. The smallest absolute Gasteiger partial charge is 0.233 e. The van der Waals surface area contributed by atoms with Gasteiger partial charge in [0, 0.05) is 25.6 Å². The molecule has 0 aliphatic heterocycles. The van der Waals surface area contributed by atoms with E-state index in [1.54, 1.807) is 7.05 Å². The molecule has 3 N–H and O–H groups in total. The van der Waals surface area contributed by atoms with Crippen LogP contribution in [0.5, 0.6) is 0 Å². The molecule has 0 aromatic carbocycles. The van der Waals surface area contributed by atoms with Gasteiger partial charge < -0.3 is 15.6 Å². The zero-order valence-electron chi connectivity index (χ0n) is 12.5. The minimum Gasteiger partial charge on any atom is -0.358 e. The Balaban J connectivity index is 2.03. The molecule has 2 rings (SSSR count). The molecule has 1 aromatic rings. The summed E-state index contributed by atoms with van der Waals surface area (Å²) in [5.41, 5.74) is 5.85. The van der Waals surface area contributed by atoms with Crippen molar-refractivity contribution in [3.05, 3.63) is 11.6 Å². The summed E-state index contributed by atoms with van der Waals surface area (Å²) in [6.07, 6.45) is 1.98. The third-order valence-corrected chi connectivity index (χ3v) is 3.82. The predicted molar refractivity (Wildman–Crippen MR) is 76.0 cm³/mol. The Morgan fingerprint density at radius 3 is 2.75 bits per heavy atom. The molecule has 20 heavy (non-hydrogen) atoms. The molecule has 0 saturated heterocycles. The van der Waals surface area contributed by atoms with Crippen LogP contribution < -0.4 is 11.1 Å². The zero-order chi connectivity index (χ0) is 14.7. The number of hydrogen-bond acceptors (Lipinski definition) is 5. The Labute approximate surface area is 119 Å². The first-order valence-corrected chi connectivity index (χ1v) is 7.11. The molecule has 7 nitrogen and oxygen atoms in total. The Hall–Kier alpha value is -1.47. The molecule has 1 saturated carbocycles. The third kappa shape index (κ3) is 3.16. The Bertz CT molecular complexity index is 465. The lowest BCUT2D eigenvalue weighted by Gasteiger charge is -2.31. The van der Waals surface area contributed by atoms with Crippen LogP contribution in [0.2, 0.25) is 0 Å². The average Bonchev–Trinajstić information content (AvgIpc) is 2.76. The topological polar surface area (TPSA) is 89.1 Å². The van der Waals surface area contributed by atoms with Crippen molar-refractivity contribution in [1.82, 2.24) is 25.0 Å². The fourth-order valence-electron chi connectivity index (χ4n) is 2.61. The number of likely N-dealkylation sites (N-methyl/N-ethyl adjacent to an activating group) is 2. The lowest BCUT2D eigenvalue weighted by molar-refractivity contribution is -0.121. The molecule has 1 amide bonds. The van der Waals surface area contributed by atoms with Gasteiger partial charge >= 0.3 is 0 Å². The molecule has 1 fully saturated rings. The lowest BCUT2D eigenvalue weighted by Crippen LogP contribution is -2.36. The van der Waals surface area contributed by atoms with Gasteiger partial charge in [0.05, 0.1) is 13.1 Å². The maximum absolute atomic E-state index is 11.4. The number of amides is 1. The molecule has 1 aromatic heterocycles. The normalized spacial score (nSPS) is 21.9. The summed E-state index contributed by atoms with van der Waals surface area (Å²) in [5.74, 6) is 2.39. The van der Waals surface area contributed by atoms with Crippen molar-refractivity contribution < 1.29 is 4.79 Å². The van der Waals surface area contributed by atoms with E-state index in [1.807, 2.05) is 11.9 Å². The number of nitrogens with two attached hydrogens (primary N) is 1. The quantitative estimate of drug-likeness (QED) is 0.745. The van der Waals surface area contributed by atoms with Crippen LogP contribution in [0, 0.1) is 0 Å². The first kappa shape index (κ1) is 14.9. The van der Waals surface area contributed by atoms with E-state index in [4.69, 9.17) is 5.73 Å². The van der Waals surface area contributed by atoms with Crippen LogP contribution in [0.25, 0.3) is 0 Å². The van der Waals surface area contributed by atoms with Crippen LogP contribution in [0.1, 0.15) is 37.3 Å². The molecule has 0 unspecified atom stereocenters. The van der Waals surface area contributed by atoms with E-state index in [9.17, 15) is 4.79 Å². The number of nitrogens with zero attached hydrogens (tertiary/aromatic N) is 4. The standard InChI is InChI=1S/C13H24N6O/c1-4-19-11(7-18(3)8-12(20)15-2)16-17-13(19)9-5-10(14)6-9/h9-10H,4-8,14H2,1-3H3,(H,15,20).